The van der Waals surface area contributed by atoms with E-state index in [1.165, 1.54) is 0 Å². The number of carbonyl (C=O) groups is 1. The van der Waals surface area contributed by atoms with Crippen LogP contribution >= 0.6 is 0 Å². The van der Waals surface area contributed by atoms with E-state index >= 15 is 0 Å². The Morgan fingerprint density at radius 3 is 2.77 bits per heavy atom. The van der Waals surface area contributed by atoms with Gasteiger partial charge in [-0.15, -0.1) is 0 Å². The predicted octanol–water partition coefficient (Wildman–Crippen LogP) is 4.70. The second-order valence-electron chi connectivity index (χ2n) is 11.6. The third-order valence-electron chi connectivity index (χ3n) is 7.23. The highest BCUT2D eigenvalue weighted by Gasteiger charge is 2.28. The van der Waals surface area contributed by atoms with Crippen LogP contribution in [-0.4, -0.2) is 67.0 Å². The molecule has 0 saturated carbocycles. The van der Waals surface area contributed by atoms with Crippen molar-refractivity contribution < 1.29 is 14.3 Å². The molecular formula is C29H36N8O3. The summed E-state index contributed by atoms with van der Waals surface area (Å²) in [6.07, 6.45) is 9.03. The number of hydrogen-bond donors (Lipinski definition) is 1. The highest BCUT2D eigenvalue weighted by molar-refractivity contribution is 5.94. The quantitative estimate of drug-likeness (QED) is 0.385. The molecule has 11 heteroatoms. The summed E-state index contributed by atoms with van der Waals surface area (Å²) in [4.78, 5) is 24.3. The van der Waals surface area contributed by atoms with Crippen LogP contribution in [0, 0.1) is 0 Å². The molecule has 0 radical (unpaired) electrons. The Hall–Kier alpha value is -3.99. The number of nitrogens with zero attached hydrogens (tertiary/aromatic N) is 7. The van der Waals surface area contributed by atoms with Crippen LogP contribution in [0.15, 0.2) is 42.9 Å². The van der Waals surface area contributed by atoms with Crippen molar-refractivity contribution in [1.82, 2.24) is 34.8 Å². The average Bonchev–Trinajstić information content (AvgIpc) is 3.66. The zero-order chi connectivity index (χ0) is 27.9. The molecule has 4 aromatic rings. The van der Waals surface area contributed by atoms with Crippen molar-refractivity contribution in [2.24, 2.45) is 7.05 Å². The van der Waals surface area contributed by atoms with Gasteiger partial charge in [-0.05, 0) is 64.7 Å². The second-order valence-corrected chi connectivity index (χ2v) is 11.6. The van der Waals surface area contributed by atoms with E-state index in [1.807, 2.05) is 69.3 Å². The van der Waals surface area contributed by atoms with Gasteiger partial charge in [-0.1, -0.05) is 6.07 Å². The van der Waals surface area contributed by atoms with Gasteiger partial charge in [0.2, 0.25) is 0 Å². The standard InChI is InChI=1S/C29H36N8O3/c1-29(2,3)40-28(38)32-20-11-12-36(18-20)25-9-7-8-22(33-25)27-21-14-23(19-15-31-35(4)17-19)30-16-24(21)37(34-27)26-10-5-6-13-39-26/h7-9,14-17,20,26H,5-6,10-13,18H2,1-4H3,(H,32,38)/t20-,26?/m0/s1. The molecule has 210 valence electrons. The lowest BCUT2D eigenvalue weighted by Gasteiger charge is -2.23. The maximum absolute atomic E-state index is 12.3. The Kier molecular flexibility index (Phi) is 6.91. The fraction of sp³-hybridized carbons (Fsp3) is 0.483. The largest absolute Gasteiger partial charge is 0.444 e. The Balaban J connectivity index is 1.31. The van der Waals surface area contributed by atoms with Crippen LogP contribution in [0.3, 0.4) is 0 Å². The Labute approximate surface area is 233 Å². The molecule has 1 amide bonds. The lowest BCUT2D eigenvalue weighted by Crippen LogP contribution is -2.40. The van der Waals surface area contributed by atoms with Crippen molar-refractivity contribution in [2.45, 2.75) is 64.3 Å². The van der Waals surface area contributed by atoms with Crippen molar-refractivity contribution in [3.8, 4) is 22.6 Å². The van der Waals surface area contributed by atoms with Gasteiger partial charge < -0.3 is 19.7 Å². The predicted molar refractivity (Wildman–Crippen MR) is 152 cm³/mol. The number of alkyl carbamates (subject to hydrolysis) is 1. The molecule has 0 bridgehead atoms. The number of carbonyl (C=O) groups excluding carboxylic acids is 1. The van der Waals surface area contributed by atoms with E-state index in [9.17, 15) is 4.79 Å². The van der Waals surface area contributed by atoms with E-state index in [-0.39, 0.29) is 18.4 Å². The number of rotatable bonds is 5. The number of fused-ring (bicyclic) bond motifs is 1. The molecule has 2 aliphatic rings. The van der Waals surface area contributed by atoms with Crippen LogP contribution in [0.2, 0.25) is 0 Å². The van der Waals surface area contributed by atoms with Crippen LogP contribution in [0.1, 0.15) is 52.7 Å². The molecule has 40 heavy (non-hydrogen) atoms. The summed E-state index contributed by atoms with van der Waals surface area (Å²) in [5, 5.41) is 13.3. The van der Waals surface area contributed by atoms with Gasteiger partial charge in [-0.2, -0.15) is 10.2 Å². The molecule has 6 rings (SSSR count). The van der Waals surface area contributed by atoms with Crippen molar-refractivity contribution in [1.29, 1.82) is 0 Å². The summed E-state index contributed by atoms with van der Waals surface area (Å²) in [5.41, 5.74) is 3.74. The zero-order valence-corrected chi connectivity index (χ0v) is 23.5. The molecule has 11 nitrogen and oxygen atoms in total. The van der Waals surface area contributed by atoms with Gasteiger partial charge in [0.15, 0.2) is 6.23 Å². The first-order valence-electron chi connectivity index (χ1n) is 13.9. The van der Waals surface area contributed by atoms with Gasteiger partial charge in [0.25, 0.3) is 0 Å². The summed E-state index contributed by atoms with van der Waals surface area (Å²) in [5.74, 6) is 0.851. The number of pyridine rings is 2. The van der Waals surface area contributed by atoms with Crippen molar-refractivity contribution in [2.75, 3.05) is 24.6 Å². The number of aromatic nitrogens is 6. The first-order valence-corrected chi connectivity index (χ1v) is 13.9. The minimum atomic E-state index is -0.528. The first kappa shape index (κ1) is 26.2. The maximum Gasteiger partial charge on any atom is 0.407 e. The van der Waals surface area contributed by atoms with Crippen LogP contribution in [0.25, 0.3) is 33.5 Å². The third kappa shape index (κ3) is 5.51. The molecule has 4 aromatic heterocycles. The van der Waals surface area contributed by atoms with E-state index in [1.54, 1.807) is 4.68 Å². The van der Waals surface area contributed by atoms with E-state index in [4.69, 9.17) is 24.5 Å². The SMILES string of the molecule is Cn1cc(-c2cc3c(-c4cccc(N5CC[C@H](NC(=O)OC(C)(C)C)C5)n4)nn(C4CCCCO4)c3cn2)cn1. The Morgan fingerprint density at radius 1 is 1.15 bits per heavy atom. The number of nitrogens with one attached hydrogen (secondary N) is 1. The van der Waals surface area contributed by atoms with Gasteiger partial charge in [-0.25, -0.2) is 14.5 Å². The van der Waals surface area contributed by atoms with Gasteiger partial charge in [0.1, 0.15) is 17.1 Å². The van der Waals surface area contributed by atoms with E-state index < -0.39 is 5.60 Å². The summed E-state index contributed by atoms with van der Waals surface area (Å²) in [6, 6.07) is 8.08. The zero-order valence-electron chi connectivity index (χ0n) is 23.5. The molecule has 2 atom stereocenters. The molecule has 0 aromatic carbocycles. The summed E-state index contributed by atoms with van der Waals surface area (Å²) in [7, 11) is 1.90. The fourth-order valence-corrected chi connectivity index (χ4v) is 5.36. The van der Waals surface area contributed by atoms with Crippen LogP contribution in [0.4, 0.5) is 10.6 Å². The minimum absolute atomic E-state index is 0.00286. The maximum atomic E-state index is 12.3. The Bertz CT molecular complexity index is 1520. The smallest absolute Gasteiger partial charge is 0.407 e. The number of ether oxygens (including phenoxy) is 2. The lowest BCUT2D eigenvalue weighted by molar-refractivity contribution is -0.0365. The molecule has 1 N–H and O–H groups in total. The van der Waals surface area contributed by atoms with E-state index in [2.05, 4.69) is 21.4 Å². The van der Waals surface area contributed by atoms with Crippen molar-refractivity contribution in [3.63, 3.8) is 0 Å². The Morgan fingerprint density at radius 2 is 2.02 bits per heavy atom. The number of hydrogen-bond acceptors (Lipinski definition) is 8. The number of anilines is 1. The third-order valence-corrected chi connectivity index (χ3v) is 7.23. The molecule has 1 unspecified atom stereocenters. The van der Waals surface area contributed by atoms with Gasteiger partial charge in [-0.3, -0.25) is 9.67 Å². The summed E-state index contributed by atoms with van der Waals surface area (Å²) < 4.78 is 15.3. The minimum Gasteiger partial charge on any atom is -0.444 e. The molecule has 6 heterocycles. The normalized spacial score (nSPS) is 19.8. The molecule has 2 fully saturated rings. The second kappa shape index (κ2) is 10.5. The molecule has 0 spiro atoms. The van der Waals surface area contributed by atoms with Crippen LogP contribution < -0.4 is 10.2 Å². The first-order chi connectivity index (χ1) is 19.2. The van der Waals surface area contributed by atoms with Gasteiger partial charge in [0, 0.05) is 43.9 Å². The van der Waals surface area contributed by atoms with Crippen molar-refractivity contribution >= 4 is 22.8 Å². The number of aryl methyl sites for hydroxylation is 1. The van der Waals surface area contributed by atoms with Gasteiger partial charge >= 0.3 is 6.09 Å². The molecule has 2 aliphatic heterocycles. The fourth-order valence-electron chi connectivity index (χ4n) is 5.36. The van der Waals surface area contributed by atoms with E-state index in [0.29, 0.717) is 6.54 Å². The highest BCUT2D eigenvalue weighted by atomic mass is 16.6. The summed E-state index contributed by atoms with van der Waals surface area (Å²) in [6.45, 7) is 7.77. The van der Waals surface area contributed by atoms with Crippen LogP contribution in [0.5, 0.6) is 0 Å². The molecule has 2 saturated heterocycles. The van der Waals surface area contributed by atoms with E-state index in [0.717, 1.165) is 78.2 Å². The van der Waals surface area contributed by atoms with Crippen LogP contribution in [-0.2, 0) is 16.5 Å². The van der Waals surface area contributed by atoms with Crippen molar-refractivity contribution in [3.05, 3.63) is 42.9 Å². The molecule has 0 aliphatic carbocycles. The number of amides is 1. The highest BCUT2D eigenvalue weighted by Crippen LogP contribution is 2.34. The lowest BCUT2D eigenvalue weighted by atomic mass is 10.1. The topological polar surface area (TPSA) is 112 Å². The average molecular weight is 545 g/mol. The molecular weight excluding hydrogens is 508 g/mol. The van der Waals surface area contributed by atoms with Gasteiger partial charge in [0.05, 0.1) is 35.3 Å². The monoisotopic (exact) mass is 544 g/mol. The summed E-state index contributed by atoms with van der Waals surface area (Å²) >= 11 is 0.